The van der Waals surface area contributed by atoms with Crippen LogP contribution in [0.5, 0.6) is 5.75 Å². The van der Waals surface area contributed by atoms with Crippen LogP contribution in [-0.4, -0.2) is 17.6 Å². The van der Waals surface area contributed by atoms with Gasteiger partial charge in [-0.1, -0.05) is 19.0 Å². The quantitative estimate of drug-likeness (QED) is 0.890. The van der Waals surface area contributed by atoms with E-state index >= 15 is 0 Å². The van der Waals surface area contributed by atoms with Crippen molar-refractivity contribution in [3.05, 3.63) is 47.1 Å². The average Bonchev–Trinajstić information content (AvgIpc) is 2.85. The van der Waals surface area contributed by atoms with E-state index in [0.29, 0.717) is 29.5 Å². The van der Waals surface area contributed by atoms with E-state index in [1.54, 1.807) is 6.92 Å². The molecule has 0 aliphatic carbocycles. The fourth-order valence-corrected chi connectivity index (χ4v) is 1.81. The Morgan fingerprint density at radius 2 is 2.05 bits per heavy atom. The summed E-state index contributed by atoms with van der Waals surface area (Å²) in [6, 6.07) is 5.67. The predicted octanol–water partition coefficient (Wildman–Crippen LogP) is 3.09. The van der Waals surface area contributed by atoms with E-state index in [4.69, 9.17) is 9.26 Å². The minimum Gasteiger partial charge on any atom is -0.489 e. The van der Waals surface area contributed by atoms with E-state index in [1.165, 1.54) is 24.3 Å². The van der Waals surface area contributed by atoms with Crippen LogP contribution in [0.15, 0.2) is 28.8 Å². The molecule has 0 saturated heterocycles. The van der Waals surface area contributed by atoms with E-state index in [2.05, 4.69) is 10.5 Å². The molecule has 118 valence electrons. The molecule has 0 fully saturated rings. The van der Waals surface area contributed by atoms with Crippen LogP contribution in [0.2, 0.25) is 0 Å². The molecule has 0 spiro atoms. The third kappa shape index (κ3) is 4.07. The SMILES string of the molecule is Cc1onc(C(=O)NCC(C)C)c1COc1ccc(F)cc1. The number of carbonyl (C=O) groups is 1. The maximum absolute atomic E-state index is 12.9. The van der Waals surface area contributed by atoms with Gasteiger partial charge in [-0.05, 0) is 37.1 Å². The van der Waals surface area contributed by atoms with Crippen molar-refractivity contribution in [2.75, 3.05) is 6.54 Å². The van der Waals surface area contributed by atoms with Crippen molar-refractivity contribution in [2.45, 2.75) is 27.4 Å². The largest absolute Gasteiger partial charge is 0.489 e. The van der Waals surface area contributed by atoms with Crippen molar-refractivity contribution >= 4 is 5.91 Å². The first kappa shape index (κ1) is 16.0. The summed E-state index contributed by atoms with van der Waals surface area (Å²) in [7, 11) is 0. The minimum absolute atomic E-state index is 0.130. The van der Waals surface area contributed by atoms with Crippen molar-refractivity contribution in [1.82, 2.24) is 10.5 Å². The topological polar surface area (TPSA) is 64.4 Å². The van der Waals surface area contributed by atoms with E-state index < -0.39 is 0 Å². The van der Waals surface area contributed by atoms with Gasteiger partial charge in [0, 0.05) is 6.54 Å². The molecule has 0 aliphatic heterocycles. The van der Waals surface area contributed by atoms with Crippen LogP contribution in [0.4, 0.5) is 4.39 Å². The second-order valence-electron chi connectivity index (χ2n) is 5.41. The van der Waals surface area contributed by atoms with E-state index in [-0.39, 0.29) is 24.0 Å². The Labute approximate surface area is 128 Å². The van der Waals surface area contributed by atoms with Crippen LogP contribution in [-0.2, 0) is 6.61 Å². The molecular weight excluding hydrogens is 287 g/mol. The Balaban J connectivity index is 2.05. The van der Waals surface area contributed by atoms with Crippen LogP contribution < -0.4 is 10.1 Å². The number of ether oxygens (including phenoxy) is 1. The zero-order valence-electron chi connectivity index (χ0n) is 12.9. The molecule has 0 unspecified atom stereocenters. The summed E-state index contributed by atoms with van der Waals surface area (Å²) in [6.45, 7) is 6.42. The minimum atomic E-state index is -0.331. The average molecular weight is 306 g/mol. The third-order valence-corrected chi connectivity index (χ3v) is 3.07. The zero-order chi connectivity index (χ0) is 16.1. The van der Waals surface area contributed by atoms with Gasteiger partial charge >= 0.3 is 0 Å². The monoisotopic (exact) mass is 306 g/mol. The molecule has 0 radical (unpaired) electrons. The molecule has 22 heavy (non-hydrogen) atoms. The second-order valence-corrected chi connectivity index (χ2v) is 5.41. The zero-order valence-corrected chi connectivity index (χ0v) is 12.9. The van der Waals surface area contributed by atoms with Gasteiger partial charge in [0.05, 0.1) is 5.56 Å². The number of nitrogens with zero attached hydrogens (tertiary/aromatic N) is 1. The van der Waals surface area contributed by atoms with Gasteiger partial charge in [0.25, 0.3) is 5.91 Å². The molecule has 0 saturated carbocycles. The fourth-order valence-electron chi connectivity index (χ4n) is 1.81. The van der Waals surface area contributed by atoms with Crippen LogP contribution >= 0.6 is 0 Å². The number of aryl methyl sites for hydroxylation is 1. The molecular formula is C16H19FN2O3. The van der Waals surface area contributed by atoms with Crippen LogP contribution in [0.3, 0.4) is 0 Å². The fraction of sp³-hybridized carbons (Fsp3) is 0.375. The summed E-state index contributed by atoms with van der Waals surface area (Å²) in [6.07, 6.45) is 0. The standard InChI is InChI=1S/C16H19FN2O3/c1-10(2)8-18-16(20)15-14(11(3)22-19-15)9-21-13-6-4-12(17)5-7-13/h4-7,10H,8-9H2,1-3H3,(H,18,20). The summed E-state index contributed by atoms with van der Waals surface area (Å²) in [5.41, 5.74) is 0.811. The van der Waals surface area contributed by atoms with Gasteiger partial charge in [-0.15, -0.1) is 0 Å². The number of amides is 1. The molecule has 2 rings (SSSR count). The van der Waals surface area contributed by atoms with Crippen LogP contribution in [0.25, 0.3) is 0 Å². The Morgan fingerprint density at radius 3 is 2.68 bits per heavy atom. The smallest absolute Gasteiger partial charge is 0.273 e. The van der Waals surface area contributed by atoms with Crippen LogP contribution in [0.1, 0.15) is 35.7 Å². The number of hydrogen-bond donors (Lipinski definition) is 1. The molecule has 6 heteroatoms. The van der Waals surface area contributed by atoms with Gasteiger partial charge in [0.15, 0.2) is 5.69 Å². The number of benzene rings is 1. The number of carbonyl (C=O) groups excluding carboxylic acids is 1. The highest BCUT2D eigenvalue weighted by Crippen LogP contribution is 2.18. The van der Waals surface area contributed by atoms with Gasteiger partial charge < -0.3 is 14.6 Å². The number of rotatable bonds is 6. The lowest BCUT2D eigenvalue weighted by atomic mass is 10.2. The van der Waals surface area contributed by atoms with Crippen LogP contribution in [0, 0.1) is 18.7 Å². The first-order chi connectivity index (χ1) is 10.5. The molecule has 1 aromatic heterocycles. The maximum Gasteiger partial charge on any atom is 0.273 e. The maximum atomic E-state index is 12.9. The van der Waals surface area contributed by atoms with Gasteiger partial charge in [-0.3, -0.25) is 4.79 Å². The highest BCUT2D eigenvalue weighted by molar-refractivity contribution is 5.93. The highest BCUT2D eigenvalue weighted by Gasteiger charge is 2.20. The first-order valence-corrected chi connectivity index (χ1v) is 7.09. The van der Waals surface area contributed by atoms with Crippen molar-refractivity contribution in [2.24, 2.45) is 5.92 Å². The lowest BCUT2D eigenvalue weighted by Crippen LogP contribution is -2.28. The summed E-state index contributed by atoms with van der Waals surface area (Å²) < 4.78 is 23.5. The van der Waals surface area contributed by atoms with Crippen molar-refractivity contribution in [3.63, 3.8) is 0 Å². The summed E-state index contributed by atoms with van der Waals surface area (Å²) in [4.78, 5) is 12.1. The van der Waals surface area contributed by atoms with E-state index in [9.17, 15) is 9.18 Å². The molecule has 1 N–H and O–H groups in total. The first-order valence-electron chi connectivity index (χ1n) is 7.09. The summed E-state index contributed by atoms with van der Waals surface area (Å²) in [5, 5.41) is 6.58. The molecule has 2 aromatic rings. The van der Waals surface area contributed by atoms with Gasteiger partial charge in [-0.25, -0.2) is 4.39 Å². The summed E-state index contributed by atoms with van der Waals surface area (Å²) in [5.74, 6) is 0.758. The summed E-state index contributed by atoms with van der Waals surface area (Å²) >= 11 is 0. The van der Waals surface area contributed by atoms with Gasteiger partial charge in [0.2, 0.25) is 0 Å². The Bertz CT molecular complexity index is 635. The lowest BCUT2D eigenvalue weighted by molar-refractivity contribution is 0.0937. The molecule has 1 amide bonds. The Morgan fingerprint density at radius 1 is 1.36 bits per heavy atom. The van der Waals surface area contributed by atoms with Gasteiger partial charge in [0.1, 0.15) is 23.9 Å². The highest BCUT2D eigenvalue weighted by atomic mass is 19.1. The van der Waals surface area contributed by atoms with Crippen molar-refractivity contribution < 1.29 is 18.4 Å². The Kier molecular flexibility index (Phi) is 5.14. The number of halogens is 1. The van der Waals surface area contributed by atoms with Crippen molar-refractivity contribution in [1.29, 1.82) is 0 Å². The normalized spacial score (nSPS) is 10.8. The molecule has 0 atom stereocenters. The Hall–Kier alpha value is -2.37. The number of aromatic nitrogens is 1. The van der Waals surface area contributed by atoms with E-state index in [1.807, 2.05) is 13.8 Å². The molecule has 0 aliphatic rings. The number of hydrogen-bond acceptors (Lipinski definition) is 4. The molecule has 0 bridgehead atoms. The van der Waals surface area contributed by atoms with E-state index in [0.717, 1.165) is 0 Å². The van der Waals surface area contributed by atoms with Crippen molar-refractivity contribution in [3.8, 4) is 5.75 Å². The molecule has 1 heterocycles. The molecule has 5 nitrogen and oxygen atoms in total. The molecule has 1 aromatic carbocycles. The third-order valence-electron chi connectivity index (χ3n) is 3.07. The predicted molar refractivity (Wildman–Crippen MR) is 79.1 cm³/mol. The second kappa shape index (κ2) is 7.06. The van der Waals surface area contributed by atoms with Gasteiger partial charge in [-0.2, -0.15) is 0 Å². The number of nitrogens with one attached hydrogen (secondary N) is 1. The lowest BCUT2D eigenvalue weighted by Gasteiger charge is -2.08.